The maximum absolute atomic E-state index is 11.0. The summed E-state index contributed by atoms with van der Waals surface area (Å²) in [6.45, 7) is 0. The Balaban J connectivity index is 1.56. The van der Waals surface area contributed by atoms with Gasteiger partial charge in [-0.15, -0.1) is 0 Å². The number of carbonyl (C=O) groups is 1. The fraction of sp³-hybridized carbons (Fsp3) is 0.0952. The molecule has 1 amide bonds. The van der Waals surface area contributed by atoms with Gasteiger partial charge in [0.15, 0.2) is 0 Å². The summed E-state index contributed by atoms with van der Waals surface area (Å²) in [6, 6.07) is 12.9. The van der Waals surface area contributed by atoms with Gasteiger partial charge in [-0.3, -0.25) is 14.9 Å². The highest BCUT2D eigenvalue weighted by Crippen LogP contribution is 2.32. The van der Waals surface area contributed by atoms with Gasteiger partial charge in [0.1, 0.15) is 23.1 Å². The Hall–Kier alpha value is -4.67. The van der Waals surface area contributed by atoms with Crippen LogP contribution < -0.4 is 19.7 Å². The smallest absolute Gasteiger partial charge is 0.273 e. The van der Waals surface area contributed by atoms with Gasteiger partial charge in [-0.1, -0.05) is 0 Å². The Labute approximate surface area is 181 Å². The zero-order valence-electron chi connectivity index (χ0n) is 17.1. The zero-order chi connectivity index (χ0) is 22.7. The van der Waals surface area contributed by atoms with E-state index >= 15 is 0 Å². The Morgan fingerprint density at radius 2 is 1.97 bits per heavy atom. The molecule has 2 aromatic heterocycles. The monoisotopic (exact) mass is 434 g/mol. The molecule has 0 fully saturated rings. The van der Waals surface area contributed by atoms with Gasteiger partial charge in [0.05, 0.1) is 34.8 Å². The number of anilines is 3. The largest absolute Gasteiger partial charge is 0.494 e. The van der Waals surface area contributed by atoms with E-state index in [1.165, 1.54) is 24.1 Å². The van der Waals surface area contributed by atoms with Crippen molar-refractivity contribution >= 4 is 40.6 Å². The Morgan fingerprint density at radius 1 is 1.16 bits per heavy atom. The van der Waals surface area contributed by atoms with Crippen LogP contribution in [-0.2, 0) is 4.79 Å². The number of nitro benzene ring substituents is 1. The topological polar surface area (TPSA) is 136 Å². The number of aromatic nitrogens is 3. The summed E-state index contributed by atoms with van der Waals surface area (Å²) in [7, 11) is 3.04. The van der Waals surface area contributed by atoms with Crippen molar-refractivity contribution in [3.63, 3.8) is 0 Å². The number of H-pyrrole nitrogens is 1. The van der Waals surface area contributed by atoms with Crippen LogP contribution in [0.1, 0.15) is 0 Å². The quantitative estimate of drug-likeness (QED) is 0.241. The number of hydrogen-bond acceptors (Lipinski definition) is 8. The molecule has 0 radical (unpaired) electrons. The zero-order valence-corrected chi connectivity index (χ0v) is 17.1. The number of fused-ring (bicyclic) bond motifs is 1. The average molecular weight is 434 g/mol. The number of nitro groups is 1. The van der Waals surface area contributed by atoms with Crippen molar-refractivity contribution in [2.75, 3.05) is 24.4 Å². The second-order valence-electron chi connectivity index (χ2n) is 6.70. The van der Waals surface area contributed by atoms with E-state index in [4.69, 9.17) is 9.47 Å². The van der Waals surface area contributed by atoms with Crippen molar-refractivity contribution in [3.05, 3.63) is 64.8 Å². The Morgan fingerprint density at radius 3 is 2.72 bits per heavy atom. The summed E-state index contributed by atoms with van der Waals surface area (Å²) >= 11 is 0. The van der Waals surface area contributed by atoms with Gasteiger partial charge in [0.25, 0.3) is 5.69 Å². The number of imidazole rings is 1. The van der Waals surface area contributed by atoms with E-state index in [1.807, 2.05) is 0 Å². The number of rotatable bonds is 8. The highest BCUT2D eigenvalue weighted by Gasteiger charge is 2.13. The molecule has 0 unspecified atom stereocenters. The number of pyridine rings is 1. The molecule has 11 heteroatoms. The second-order valence-corrected chi connectivity index (χ2v) is 6.70. The molecule has 2 aromatic carbocycles. The van der Waals surface area contributed by atoms with Gasteiger partial charge in [-0.05, 0) is 24.3 Å². The third kappa shape index (κ3) is 4.26. The normalized spacial score (nSPS) is 10.6. The van der Waals surface area contributed by atoms with Crippen LogP contribution in [0.3, 0.4) is 0 Å². The summed E-state index contributed by atoms with van der Waals surface area (Å²) in [4.78, 5) is 34.5. The first-order chi connectivity index (χ1) is 15.5. The third-order valence-corrected chi connectivity index (χ3v) is 4.57. The van der Waals surface area contributed by atoms with E-state index in [9.17, 15) is 14.9 Å². The van der Waals surface area contributed by atoms with Gasteiger partial charge < -0.3 is 24.7 Å². The molecular weight excluding hydrogens is 416 g/mol. The molecule has 0 spiro atoms. The summed E-state index contributed by atoms with van der Waals surface area (Å²) in [5.74, 6) is 2.30. The molecule has 0 aliphatic rings. The van der Waals surface area contributed by atoms with Gasteiger partial charge in [0, 0.05) is 31.4 Å². The van der Waals surface area contributed by atoms with Gasteiger partial charge in [0.2, 0.25) is 12.4 Å². The predicted molar refractivity (Wildman–Crippen MR) is 118 cm³/mol. The standard InChI is InChI=1S/C21H18N6O5/c1-26(12-28)20-11-15(7-8-22-20)32-14-4-6-16-18(10-14)25-21(23-16)24-17-5-3-13(27(29)30)9-19(17)31-2/h3-12H,1-2H3,(H2,23,24,25). The lowest BCUT2D eigenvalue weighted by Gasteiger charge is -2.11. The average Bonchev–Trinajstić information content (AvgIpc) is 3.20. The van der Waals surface area contributed by atoms with E-state index in [1.54, 1.807) is 49.6 Å². The summed E-state index contributed by atoms with van der Waals surface area (Å²) < 4.78 is 11.1. The molecule has 4 rings (SSSR count). The number of aromatic amines is 1. The number of hydrogen-bond donors (Lipinski definition) is 2. The number of non-ortho nitro benzene ring substituents is 1. The highest BCUT2D eigenvalue weighted by molar-refractivity contribution is 5.80. The molecule has 2 heterocycles. The van der Waals surface area contributed by atoms with Crippen LogP contribution in [0.15, 0.2) is 54.7 Å². The fourth-order valence-electron chi connectivity index (χ4n) is 2.98. The van der Waals surface area contributed by atoms with Crippen LogP contribution in [-0.4, -0.2) is 40.4 Å². The molecule has 0 saturated heterocycles. The SMILES string of the molecule is COc1cc([N+](=O)[O-])ccc1Nc1nc2ccc(Oc3ccnc(N(C)C=O)c3)cc2[nH]1. The third-order valence-electron chi connectivity index (χ3n) is 4.57. The molecule has 162 valence electrons. The van der Waals surface area contributed by atoms with Crippen LogP contribution in [0.4, 0.5) is 23.1 Å². The minimum absolute atomic E-state index is 0.0719. The first kappa shape index (κ1) is 20.6. The van der Waals surface area contributed by atoms with E-state index in [-0.39, 0.29) is 5.69 Å². The van der Waals surface area contributed by atoms with E-state index < -0.39 is 4.92 Å². The lowest BCUT2D eigenvalue weighted by molar-refractivity contribution is -0.384. The molecule has 0 bridgehead atoms. The first-order valence-corrected chi connectivity index (χ1v) is 9.38. The van der Waals surface area contributed by atoms with Crippen molar-refractivity contribution < 1.29 is 19.2 Å². The Kier molecular flexibility index (Phi) is 5.53. The van der Waals surface area contributed by atoms with Crippen LogP contribution in [0.5, 0.6) is 17.2 Å². The molecule has 0 aliphatic carbocycles. The van der Waals surface area contributed by atoms with Crippen molar-refractivity contribution in [1.29, 1.82) is 0 Å². The minimum Gasteiger partial charge on any atom is -0.494 e. The lowest BCUT2D eigenvalue weighted by atomic mass is 10.2. The molecule has 11 nitrogen and oxygen atoms in total. The van der Waals surface area contributed by atoms with Gasteiger partial charge in [-0.25, -0.2) is 9.97 Å². The lowest BCUT2D eigenvalue weighted by Crippen LogP contribution is -2.14. The van der Waals surface area contributed by atoms with Crippen LogP contribution in [0.25, 0.3) is 11.0 Å². The highest BCUT2D eigenvalue weighted by atomic mass is 16.6. The number of methoxy groups -OCH3 is 1. The van der Waals surface area contributed by atoms with Crippen LogP contribution >= 0.6 is 0 Å². The first-order valence-electron chi connectivity index (χ1n) is 9.38. The summed E-state index contributed by atoms with van der Waals surface area (Å²) in [5.41, 5.74) is 1.86. The number of nitrogens with one attached hydrogen (secondary N) is 2. The van der Waals surface area contributed by atoms with E-state index in [2.05, 4.69) is 20.3 Å². The van der Waals surface area contributed by atoms with Crippen molar-refractivity contribution in [3.8, 4) is 17.2 Å². The summed E-state index contributed by atoms with van der Waals surface area (Å²) in [6.07, 6.45) is 2.22. The van der Waals surface area contributed by atoms with Gasteiger partial charge >= 0.3 is 0 Å². The van der Waals surface area contributed by atoms with Crippen molar-refractivity contribution in [1.82, 2.24) is 15.0 Å². The maximum Gasteiger partial charge on any atom is 0.273 e. The van der Waals surface area contributed by atoms with Gasteiger partial charge in [-0.2, -0.15) is 0 Å². The number of amides is 1. The van der Waals surface area contributed by atoms with Crippen LogP contribution in [0.2, 0.25) is 0 Å². The van der Waals surface area contributed by atoms with Crippen molar-refractivity contribution in [2.45, 2.75) is 0 Å². The van der Waals surface area contributed by atoms with E-state index in [0.29, 0.717) is 52.1 Å². The maximum atomic E-state index is 11.0. The molecular formula is C21H18N6O5. The number of nitrogens with zero attached hydrogens (tertiary/aromatic N) is 4. The second kappa shape index (κ2) is 8.60. The van der Waals surface area contributed by atoms with Crippen molar-refractivity contribution in [2.24, 2.45) is 0 Å². The molecule has 0 atom stereocenters. The summed E-state index contributed by atoms with van der Waals surface area (Å²) in [5, 5.41) is 14.0. The number of ether oxygens (including phenoxy) is 2. The molecule has 0 saturated carbocycles. The molecule has 32 heavy (non-hydrogen) atoms. The minimum atomic E-state index is -0.488. The predicted octanol–water partition coefficient (Wildman–Crippen LogP) is 4.00. The Bertz CT molecular complexity index is 1310. The molecule has 0 aliphatic heterocycles. The fourth-order valence-corrected chi connectivity index (χ4v) is 2.98. The number of carbonyl (C=O) groups excluding carboxylic acids is 1. The van der Waals surface area contributed by atoms with E-state index in [0.717, 1.165) is 0 Å². The number of benzene rings is 2. The van der Waals surface area contributed by atoms with Crippen LogP contribution in [0, 0.1) is 10.1 Å². The molecule has 4 aromatic rings. The molecule has 2 N–H and O–H groups in total.